The van der Waals surface area contributed by atoms with Crippen LogP contribution in [0.4, 0.5) is 0 Å². The molecule has 0 atom stereocenters. The molecule has 0 radical (unpaired) electrons. The molecule has 4 nitrogen and oxygen atoms in total. The van der Waals surface area contributed by atoms with E-state index < -0.39 is 5.41 Å². The smallest absolute Gasteiger partial charge is 0.311 e. The number of rotatable bonds is 9. The van der Waals surface area contributed by atoms with Crippen molar-refractivity contribution in [1.82, 2.24) is 0 Å². The first-order chi connectivity index (χ1) is 13.1. The maximum absolute atomic E-state index is 12.5. The summed E-state index contributed by atoms with van der Waals surface area (Å²) in [6.45, 7) is 7.75. The maximum Gasteiger partial charge on any atom is 0.311 e. The summed E-state index contributed by atoms with van der Waals surface area (Å²) in [6, 6.07) is 17.1. The number of ether oxygens (including phenoxy) is 1. The van der Waals surface area contributed by atoms with E-state index in [0.717, 1.165) is 25.1 Å². The standard InChI is InChI=1S/C24H32NO3/c1-6-24(2,3)23(27)28-17-16-25(4,5)18-19-12-14-21(15-13-19)22(26)20-10-8-7-9-11-20/h7-15H,6,16-18H2,1-5H3/q+1. The van der Waals surface area contributed by atoms with Crippen molar-refractivity contribution in [1.29, 1.82) is 0 Å². The van der Waals surface area contributed by atoms with Crippen LogP contribution < -0.4 is 0 Å². The molecule has 0 aromatic heterocycles. The van der Waals surface area contributed by atoms with Gasteiger partial charge in [0.25, 0.3) is 0 Å². The van der Waals surface area contributed by atoms with Gasteiger partial charge in [-0.2, -0.15) is 0 Å². The van der Waals surface area contributed by atoms with Crippen molar-refractivity contribution in [3.63, 3.8) is 0 Å². The average molecular weight is 383 g/mol. The third-order valence-electron chi connectivity index (χ3n) is 5.23. The number of carbonyl (C=O) groups is 2. The molecule has 4 heteroatoms. The molecular weight excluding hydrogens is 350 g/mol. The number of quaternary nitrogens is 1. The summed E-state index contributed by atoms with van der Waals surface area (Å²) >= 11 is 0. The molecule has 0 N–H and O–H groups in total. The van der Waals surface area contributed by atoms with Crippen LogP contribution in [0.5, 0.6) is 0 Å². The van der Waals surface area contributed by atoms with E-state index in [1.54, 1.807) is 0 Å². The number of benzene rings is 2. The van der Waals surface area contributed by atoms with Crippen molar-refractivity contribution in [2.45, 2.75) is 33.7 Å². The van der Waals surface area contributed by atoms with E-state index in [1.165, 1.54) is 0 Å². The summed E-state index contributed by atoms with van der Waals surface area (Å²) < 4.78 is 6.17. The van der Waals surface area contributed by atoms with Gasteiger partial charge in [0, 0.05) is 16.7 Å². The van der Waals surface area contributed by atoms with Crippen LogP contribution in [0.15, 0.2) is 54.6 Å². The lowest BCUT2D eigenvalue weighted by molar-refractivity contribution is -0.903. The topological polar surface area (TPSA) is 43.4 Å². The zero-order chi connectivity index (χ0) is 20.8. The Morgan fingerprint density at radius 1 is 0.929 bits per heavy atom. The number of carbonyl (C=O) groups excluding carboxylic acids is 2. The highest BCUT2D eigenvalue weighted by Gasteiger charge is 2.27. The van der Waals surface area contributed by atoms with Crippen LogP contribution in [-0.2, 0) is 16.1 Å². The molecule has 0 amide bonds. The SMILES string of the molecule is CCC(C)(C)C(=O)OCC[N+](C)(C)Cc1ccc(C(=O)c2ccccc2)cc1. The van der Waals surface area contributed by atoms with Crippen molar-refractivity contribution in [3.05, 3.63) is 71.3 Å². The molecule has 0 heterocycles. The lowest BCUT2D eigenvalue weighted by atomic mass is 9.91. The fraction of sp³-hybridized carbons (Fsp3) is 0.417. The lowest BCUT2D eigenvalue weighted by Gasteiger charge is -2.30. The van der Waals surface area contributed by atoms with Crippen molar-refractivity contribution in [3.8, 4) is 0 Å². The van der Waals surface area contributed by atoms with E-state index in [1.807, 2.05) is 75.4 Å². The minimum absolute atomic E-state index is 0.0337. The van der Waals surface area contributed by atoms with Crippen LogP contribution in [0, 0.1) is 5.41 Å². The van der Waals surface area contributed by atoms with Gasteiger partial charge in [0.1, 0.15) is 19.7 Å². The first-order valence-electron chi connectivity index (χ1n) is 9.82. The molecule has 0 aliphatic rings. The number of likely N-dealkylation sites (N-methyl/N-ethyl adjacent to an activating group) is 1. The maximum atomic E-state index is 12.5. The van der Waals surface area contributed by atoms with Gasteiger partial charge in [-0.05, 0) is 20.3 Å². The summed E-state index contributed by atoms with van der Waals surface area (Å²) in [5, 5.41) is 0. The zero-order valence-corrected chi connectivity index (χ0v) is 17.7. The number of nitrogens with zero attached hydrogens (tertiary/aromatic N) is 1. The molecule has 150 valence electrons. The first kappa shape index (κ1) is 21.8. The quantitative estimate of drug-likeness (QED) is 0.365. The molecule has 0 spiro atoms. The fourth-order valence-electron chi connectivity index (χ4n) is 2.82. The van der Waals surface area contributed by atoms with Crippen molar-refractivity contribution < 1.29 is 18.8 Å². The lowest BCUT2D eigenvalue weighted by Crippen LogP contribution is -2.42. The summed E-state index contributed by atoms with van der Waals surface area (Å²) in [7, 11) is 4.23. The number of esters is 1. The van der Waals surface area contributed by atoms with Gasteiger partial charge in [-0.15, -0.1) is 0 Å². The summed E-state index contributed by atoms with van der Waals surface area (Å²) in [6.07, 6.45) is 0.762. The monoisotopic (exact) mass is 382 g/mol. The molecule has 2 rings (SSSR count). The molecule has 2 aromatic rings. The van der Waals surface area contributed by atoms with Crippen LogP contribution in [0.1, 0.15) is 48.7 Å². The second-order valence-corrected chi connectivity index (χ2v) is 8.58. The third-order valence-corrected chi connectivity index (χ3v) is 5.23. The van der Waals surface area contributed by atoms with Gasteiger partial charge >= 0.3 is 5.97 Å². The molecule has 0 bridgehead atoms. The highest BCUT2D eigenvalue weighted by Crippen LogP contribution is 2.21. The second-order valence-electron chi connectivity index (χ2n) is 8.58. The molecule has 0 aliphatic carbocycles. The van der Waals surface area contributed by atoms with Gasteiger partial charge < -0.3 is 9.22 Å². The Morgan fingerprint density at radius 3 is 2.07 bits per heavy atom. The van der Waals surface area contributed by atoms with Crippen molar-refractivity contribution in [2.75, 3.05) is 27.2 Å². The van der Waals surface area contributed by atoms with Gasteiger partial charge in [0.05, 0.1) is 19.5 Å². The zero-order valence-electron chi connectivity index (χ0n) is 17.7. The molecule has 0 saturated carbocycles. The van der Waals surface area contributed by atoms with Crippen LogP contribution in [0.2, 0.25) is 0 Å². The minimum atomic E-state index is -0.432. The van der Waals surface area contributed by atoms with Crippen LogP contribution >= 0.6 is 0 Å². The van der Waals surface area contributed by atoms with Crippen molar-refractivity contribution >= 4 is 11.8 Å². The predicted octanol–water partition coefficient (Wildman–Crippen LogP) is 4.47. The average Bonchev–Trinajstić information content (AvgIpc) is 2.68. The molecule has 0 unspecified atom stereocenters. The Hall–Kier alpha value is -2.46. The Balaban J connectivity index is 1.91. The summed E-state index contributed by atoms with van der Waals surface area (Å²) in [5.41, 5.74) is 2.10. The molecular formula is C24H32NO3+. The highest BCUT2D eigenvalue weighted by molar-refractivity contribution is 6.08. The van der Waals surface area contributed by atoms with Gasteiger partial charge in [0.15, 0.2) is 5.78 Å². The first-order valence-corrected chi connectivity index (χ1v) is 9.82. The van der Waals surface area contributed by atoms with E-state index in [-0.39, 0.29) is 11.8 Å². The molecule has 28 heavy (non-hydrogen) atoms. The van der Waals surface area contributed by atoms with E-state index in [4.69, 9.17) is 4.74 Å². The number of ketones is 1. The fourth-order valence-corrected chi connectivity index (χ4v) is 2.82. The summed E-state index contributed by atoms with van der Waals surface area (Å²) in [4.78, 5) is 24.6. The predicted molar refractivity (Wildman–Crippen MR) is 112 cm³/mol. The Bertz CT molecular complexity index is 792. The molecule has 2 aromatic carbocycles. The normalized spacial score (nSPS) is 11.9. The van der Waals surface area contributed by atoms with Gasteiger partial charge in [-0.25, -0.2) is 0 Å². The van der Waals surface area contributed by atoms with E-state index in [9.17, 15) is 9.59 Å². The molecule has 0 saturated heterocycles. The number of hydrogen-bond acceptors (Lipinski definition) is 3. The Morgan fingerprint density at radius 2 is 1.50 bits per heavy atom. The number of hydrogen-bond donors (Lipinski definition) is 0. The third kappa shape index (κ3) is 6.03. The van der Waals surface area contributed by atoms with Crippen molar-refractivity contribution in [2.24, 2.45) is 5.41 Å². The Kier molecular flexibility index (Phi) is 7.14. The highest BCUT2D eigenvalue weighted by atomic mass is 16.5. The summed E-state index contributed by atoms with van der Waals surface area (Å²) in [5.74, 6) is -0.106. The van der Waals surface area contributed by atoms with Crippen LogP contribution in [-0.4, -0.2) is 43.5 Å². The Labute approximate surface area is 168 Å². The van der Waals surface area contributed by atoms with Gasteiger partial charge in [0.2, 0.25) is 0 Å². The molecule has 0 aliphatic heterocycles. The van der Waals surface area contributed by atoms with E-state index in [2.05, 4.69) is 14.1 Å². The minimum Gasteiger partial charge on any atom is -0.459 e. The molecule has 0 fully saturated rings. The van der Waals surface area contributed by atoms with E-state index in [0.29, 0.717) is 22.2 Å². The largest absolute Gasteiger partial charge is 0.459 e. The van der Waals surface area contributed by atoms with Gasteiger partial charge in [-0.1, -0.05) is 61.5 Å². The van der Waals surface area contributed by atoms with E-state index >= 15 is 0 Å². The van der Waals surface area contributed by atoms with Gasteiger partial charge in [-0.3, -0.25) is 9.59 Å². The second kappa shape index (κ2) is 9.16. The van der Waals surface area contributed by atoms with Crippen LogP contribution in [0.3, 0.4) is 0 Å². The van der Waals surface area contributed by atoms with Crippen LogP contribution in [0.25, 0.3) is 0 Å².